The lowest BCUT2D eigenvalue weighted by molar-refractivity contribution is -0.119. The Morgan fingerprint density at radius 2 is 1.79 bits per heavy atom. The van der Waals surface area contributed by atoms with Crippen LogP contribution in [0.5, 0.6) is 5.75 Å². The van der Waals surface area contributed by atoms with Crippen LogP contribution in [-0.4, -0.2) is 46.4 Å². The number of para-hydroxylation sites is 1. The second kappa shape index (κ2) is 9.07. The van der Waals surface area contributed by atoms with Crippen molar-refractivity contribution in [3.8, 4) is 5.75 Å². The zero-order valence-electron chi connectivity index (χ0n) is 16.9. The van der Waals surface area contributed by atoms with Crippen LogP contribution in [0.2, 0.25) is 0 Å². The molecule has 0 saturated heterocycles. The number of nitrogens with one attached hydrogen (secondary N) is 1. The smallest absolute Gasteiger partial charge is 0.304 e. The molecule has 0 radical (unpaired) electrons. The summed E-state index contributed by atoms with van der Waals surface area (Å²) in [6, 6.07) is 12.9. The number of carbonyl (C=O) groups excluding carboxylic acids is 1. The van der Waals surface area contributed by atoms with E-state index in [0.29, 0.717) is 11.4 Å². The molecule has 0 unspecified atom stereocenters. The minimum Gasteiger partial charge on any atom is -0.496 e. The lowest BCUT2D eigenvalue weighted by Crippen LogP contribution is -2.46. The van der Waals surface area contributed by atoms with E-state index >= 15 is 0 Å². The second-order valence-corrected chi connectivity index (χ2v) is 8.74. The SMILES string of the molecule is COc1ccccc1CNC(=O)CN(c1cc(C)ccc1C)S(=O)(=O)N(C)C. The minimum atomic E-state index is -3.84. The van der Waals surface area contributed by atoms with Crippen molar-refractivity contribution in [1.29, 1.82) is 0 Å². The predicted octanol–water partition coefficient (Wildman–Crippen LogP) is 2.24. The van der Waals surface area contributed by atoms with E-state index in [0.717, 1.165) is 25.3 Å². The topological polar surface area (TPSA) is 79.0 Å². The first-order chi connectivity index (χ1) is 13.2. The Balaban J connectivity index is 2.25. The number of aryl methyl sites for hydroxylation is 2. The zero-order valence-corrected chi connectivity index (χ0v) is 17.7. The third-order valence-corrected chi connectivity index (χ3v) is 6.13. The molecule has 0 spiro atoms. The molecular formula is C20H27N3O4S. The lowest BCUT2D eigenvalue weighted by atomic mass is 10.1. The Morgan fingerprint density at radius 1 is 1.11 bits per heavy atom. The highest BCUT2D eigenvalue weighted by molar-refractivity contribution is 7.90. The van der Waals surface area contributed by atoms with Gasteiger partial charge in [0.05, 0.1) is 12.8 Å². The fourth-order valence-electron chi connectivity index (χ4n) is 2.71. The van der Waals surface area contributed by atoms with Crippen LogP contribution in [0.4, 0.5) is 5.69 Å². The maximum atomic E-state index is 12.9. The fourth-order valence-corrected chi connectivity index (χ4v) is 3.83. The van der Waals surface area contributed by atoms with Gasteiger partial charge in [-0.2, -0.15) is 12.7 Å². The van der Waals surface area contributed by atoms with E-state index in [-0.39, 0.29) is 13.1 Å². The van der Waals surface area contributed by atoms with Crippen LogP contribution in [-0.2, 0) is 21.5 Å². The van der Waals surface area contributed by atoms with Gasteiger partial charge in [0.1, 0.15) is 12.3 Å². The largest absolute Gasteiger partial charge is 0.496 e. The maximum Gasteiger partial charge on any atom is 0.304 e. The van der Waals surface area contributed by atoms with Gasteiger partial charge in [0.15, 0.2) is 0 Å². The molecule has 0 saturated carbocycles. The van der Waals surface area contributed by atoms with Gasteiger partial charge in [0.25, 0.3) is 0 Å². The normalized spacial score (nSPS) is 11.4. The van der Waals surface area contributed by atoms with E-state index in [9.17, 15) is 13.2 Å². The average Bonchev–Trinajstić information content (AvgIpc) is 2.66. The second-order valence-electron chi connectivity index (χ2n) is 6.68. The molecule has 0 bridgehead atoms. The third kappa shape index (κ3) is 5.02. The van der Waals surface area contributed by atoms with Gasteiger partial charge in [0, 0.05) is 26.2 Å². The van der Waals surface area contributed by atoms with Gasteiger partial charge in [-0.25, -0.2) is 4.31 Å². The Labute approximate surface area is 167 Å². The summed E-state index contributed by atoms with van der Waals surface area (Å²) in [6.45, 7) is 3.62. The van der Waals surface area contributed by atoms with Crippen LogP contribution in [0.3, 0.4) is 0 Å². The predicted molar refractivity (Wildman–Crippen MR) is 111 cm³/mol. The van der Waals surface area contributed by atoms with Crippen molar-refractivity contribution in [2.45, 2.75) is 20.4 Å². The molecule has 0 heterocycles. The van der Waals surface area contributed by atoms with Gasteiger partial charge >= 0.3 is 10.2 Å². The van der Waals surface area contributed by atoms with Crippen molar-refractivity contribution in [2.75, 3.05) is 32.1 Å². The molecule has 1 amide bonds. The van der Waals surface area contributed by atoms with Crippen LogP contribution in [0.25, 0.3) is 0 Å². The Morgan fingerprint density at radius 3 is 2.43 bits per heavy atom. The van der Waals surface area contributed by atoms with Crippen molar-refractivity contribution in [2.24, 2.45) is 0 Å². The summed E-state index contributed by atoms with van der Waals surface area (Å²) in [6.07, 6.45) is 0. The number of anilines is 1. The van der Waals surface area contributed by atoms with Gasteiger partial charge in [-0.1, -0.05) is 30.3 Å². The molecule has 152 valence electrons. The molecule has 0 aliphatic heterocycles. The Hall–Kier alpha value is -2.58. The summed E-state index contributed by atoms with van der Waals surface area (Å²) in [5.74, 6) is 0.257. The number of hydrogen-bond donors (Lipinski definition) is 1. The minimum absolute atomic E-state index is 0.242. The van der Waals surface area contributed by atoms with E-state index in [1.807, 2.05) is 44.2 Å². The molecule has 0 fully saturated rings. The summed E-state index contributed by atoms with van der Waals surface area (Å²) >= 11 is 0. The van der Waals surface area contributed by atoms with Crippen molar-refractivity contribution >= 4 is 21.8 Å². The van der Waals surface area contributed by atoms with E-state index in [2.05, 4.69) is 5.32 Å². The van der Waals surface area contributed by atoms with Gasteiger partial charge < -0.3 is 10.1 Å². The molecular weight excluding hydrogens is 378 g/mol. The number of rotatable bonds is 8. The van der Waals surface area contributed by atoms with Crippen LogP contribution >= 0.6 is 0 Å². The van der Waals surface area contributed by atoms with Crippen molar-refractivity contribution in [3.05, 3.63) is 59.2 Å². The van der Waals surface area contributed by atoms with E-state index in [1.165, 1.54) is 14.1 Å². The molecule has 0 aromatic heterocycles. The van der Waals surface area contributed by atoms with E-state index < -0.39 is 16.1 Å². The Kier molecular flexibility index (Phi) is 7.04. The summed E-state index contributed by atoms with van der Waals surface area (Å²) in [5, 5.41) is 2.78. The number of carbonyl (C=O) groups is 1. The highest BCUT2D eigenvalue weighted by Gasteiger charge is 2.28. The van der Waals surface area contributed by atoms with Crippen molar-refractivity contribution in [1.82, 2.24) is 9.62 Å². The first kappa shape index (κ1) is 21.7. The number of nitrogens with zero attached hydrogens (tertiary/aromatic N) is 2. The molecule has 2 aromatic carbocycles. The summed E-state index contributed by atoms with van der Waals surface area (Å²) in [4.78, 5) is 12.6. The number of benzene rings is 2. The van der Waals surface area contributed by atoms with Crippen LogP contribution < -0.4 is 14.4 Å². The molecule has 1 N–H and O–H groups in total. The number of ether oxygens (including phenoxy) is 1. The van der Waals surface area contributed by atoms with Gasteiger partial charge in [-0.3, -0.25) is 4.79 Å². The molecule has 8 heteroatoms. The highest BCUT2D eigenvalue weighted by Crippen LogP contribution is 2.25. The maximum absolute atomic E-state index is 12.9. The number of amides is 1. The van der Waals surface area contributed by atoms with Crippen molar-refractivity contribution < 1.29 is 17.9 Å². The molecule has 0 aliphatic carbocycles. The quantitative estimate of drug-likeness (QED) is 0.731. The molecule has 0 atom stereocenters. The summed E-state index contributed by atoms with van der Waals surface area (Å²) in [7, 11) is 0.610. The molecule has 0 aliphatic rings. The first-order valence-electron chi connectivity index (χ1n) is 8.83. The van der Waals surface area contributed by atoms with Gasteiger partial charge in [-0.05, 0) is 37.1 Å². The molecule has 7 nitrogen and oxygen atoms in total. The third-order valence-electron chi connectivity index (χ3n) is 4.33. The van der Waals surface area contributed by atoms with Crippen LogP contribution in [0.1, 0.15) is 16.7 Å². The summed E-state index contributed by atoms with van der Waals surface area (Å²) in [5.41, 5.74) is 2.98. The fraction of sp³-hybridized carbons (Fsp3) is 0.350. The zero-order chi connectivity index (χ0) is 20.9. The standard InChI is InChI=1S/C20H27N3O4S/c1-15-10-11-16(2)18(12-15)23(28(25,26)22(3)4)14-20(24)21-13-17-8-6-7-9-19(17)27-5/h6-12H,13-14H2,1-5H3,(H,21,24). The lowest BCUT2D eigenvalue weighted by Gasteiger charge is -2.28. The van der Waals surface area contributed by atoms with E-state index in [4.69, 9.17) is 4.74 Å². The first-order valence-corrected chi connectivity index (χ1v) is 10.2. The molecule has 2 aromatic rings. The van der Waals surface area contributed by atoms with Gasteiger partial charge in [0.2, 0.25) is 5.91 Å². The van der Waals surface area contributed by atoms with Gasteiger partial charge in [-0.15, -0.1) is 0 Å². The van der Waals surface area contributed by atoms with Crippen molar-refractivity contribution in [3.63, 3.8) is 0 Å². The van der Waals surface area contributed by atoms with Crippen LogP contribution in [0.15, 0.2) is 42.5 Å². The monoisotopic (exact) mass is 405 g/mol. The van der Waals surface area contributed by atoms with Crippen LogP contribution in [0, 0.1) is 13.8 Å². The molecule has 28 heavy (non-hydrogen) atoms. The number of hydrogen-bond acceptors (Lipinski definition) is 4. The molecule has 2 rings (SSSR count). The van der Waals surface area contributed by atoms with E-state index in [1.54, 1.807) is 19.2 Å². The highest BCUT2D eigenvalue weighted by atomic mass is 32.2. The number of methoxy groups -OCH3 is 1. The average molecular weight is 406 g/mol. The summed E-state index contributed by atoms with van der Waals surface area (Å²) < 4.78 is 33.2. The Bertz CT molecular complexity index is 942.